The van der Waals surface area contributed by atoms with Crippen LogP contribution in [0.2, 0.25) is 0 Å². The molecule has 0 fully saturated rings. The number of fused-ring (bicyclic) bond motifs is 4. The van der Waals surface area contributed by atoms with E-state index in [1.54, 1.807) is 10.5 Å². The second kappa shape index (κ2) is 4.93. The van der Waals surface area contributed by atoms with Crippen LogP contribution in [0, 0.1) is 0 Å². The van der Waals surface area contributed by atoms with Crippen molar-refractivity contribution in [3.05, 3.63) is 100 Å². The lowest BCUT2D eigenvalue weighted by molar-refractivity contribution is 1.07. The number of aromatic nitrogens is 1. The molecule has 0 atom stereocenters. The Bertz CT molecular complexity index is 1140. The van der Waals surface area contributed by atoms with Crippen LogP contribution in [0.4, 0.5) is 0 Å². The maximum atomic E-state index is 12.4. The van der Waals surface area contributed by atoms with E-state index in [1.807, 2.05) is 36.5 Å². The Labute approximate surface area is 139 Å². The Kier molecular flexibility index (Phi) is 2.74. The smallest absolute Gasteiger partial charge is 0.255 e. The van der Waals surface area contributed by atoms with Crippen molar-refractivity contribution in [3.63, 3.8) is 0 Å². The van der Waals surface area contributed by atoms with Gasteiger partial charge in [0.25, 0.3) is 5.56 Å². The SMILES string of the molecule is O=c1cccc2c(-c3ccccc3)c3c(cn12)Cc1ccccc1-3. The summed E-state index contributed by atoms with van der Waals surface area (Å²) in [5, 5.41) is 0. The molecule has 0 unspecified atom stereocenters. The summed E-state index contributed by atoms with van der Waals surface area (Å²) >= 11 is 0. The van der Waals surface area contributed by atoms with Gasteiger partial charge in [0.15, 0.2) is 0 Å². The summed E-state index contributed by atoms with van der Waals surface area (Å²) in [6, 6.07) is 24.4. The van der Waals surface area contributed by atoms with E-state index in [9.17, 15) is 4.79 Å². The fourth-order valence-corrected chi connectivity index (χ4v) is 3.81. The number of hydrogen-bond donors (Lipinski definition) is 0. The summed E-state index contributed by atoms with van der Waals surface area (Å²) in [7, 11) is 0. The van der Waals surface area contributed by atoms with Crippen molar-refractivity contribution in [3.8, 4) is 22.3 Å². The highest BCUT2D eigenvalue weighted by Gasteiger charge is 2.24. The normalized spacial score (nSPS) is 12.2. The van der Waals surface area contributed by atoms with E-state index < -0.39 is 0 Å². The largest absolute Gasteiger partial charge is 0.283 e. The van der Waals surface area contributed by atoms with Crippen LogP contribution in [-0.4, -0.2) is 4.40 Å². The molecule has 0 saturated heterocycles. The first-order chi connectivity index (χ1) is 11.8. The lowest BCUT2D eigenvalue weighted by Crippen LogP contribution is -2.13. The molecule has 2 heterocycles. The van der Waals surface area contributed by atoms with Gasteiger partial charge >= 0.3 is 0 Å². The van der Waals surface area contributed by atoms with Gasteiger partial charge in [-0.15, -0.1) is 0 Å². The van der Waals surface area contributed by atoms with E-state index in [4.69, 9.17) is 0 Å². The molecule has 0 amide bonds. The standard InChI is InChI=1S/C22H15NO/c24-20-12-6-11-19-22(15-7-2-1-3-8-15)21-17(14-23(19)20)13-16-9-4-5-10-18(16)21/h1-12,14H,13H2. The average Bonchev–Trinajstić information content (AvgIpc) is 2.99. The monoisotopic (exact) mass is 309 g/mol. The third-order valence-corrected chi connectivity index (χ3v) is 4.83. The summed E-state index contributed by atoms with van der Waals surface area (Å²) in [6.45, 7) is 0. The number of rotatable bonds is 1. The quantitative estimate of drug-likeness (QED) is 0.445. The van der Waals surface area contributed by atoms with Crippen LogP contribution in [0.5, 0.6) is 0 Å². The Morgan fingerprint density at radius 3 is 2.38 bits per heavy atom. The number of pyridine rings is 2. The molecule has 2 heteroatoms. The van der Waals surface area contributed by atoms with Gasteiger partial charge in [-0.05, 0) is 33.9 Å². The third kappa shape index (κ3) is 1.80. The van der Waals surface area contributed by atoms with Gasteiger partial charge in [-0.2, -0.15) is 0 Å². The van der Waals surface area contributed by atoms with Crippen molar-refractivity contribution in [2.45, 2.75) is 6.42 Å². The molecule has 0 radical (unpaired) electrons. The molecule has 114 valence electrons. The molecule has 2 aromatic heterocycles. The molecular weight excluding hydrogens is 294 g/mol. The minimum atomic E-state index is 0.0171. The van der Waals surface area contributed by atoms with Gasteiger partial charge in [-0.3, -0.25) is 9.20 Å². The fourth-order valence-electron chi connectivity index (χ4n) is 3.81. The molecule has 5 rings (SSSR count). The molecule has 2 aromatic carbocycles. The Morgan fingerprint density at radius 2 is 1.50 bits per heavy atom. The Balaban J connectivity index is 1.99. The van der Waals surface area contributed by atoms with Crippen molar-refractivity contribution in [1.82, 2.24) is 4.40 Å². The average molecular weight is 309 g/mol. The molecule has 1 aliphatic carbocycles. The zero-order chi connectivity index (χ0) is 16.1. The van der Waals surface area contributed by atoms with Crippen LogP contribution >= 0.6 is 0 Å². The highest BCUT2D eigenvalue weighted by atomic mass is 16.1. The molecule has 0 aliphatic heterocycles. The summed E-state index contributed by atoms with van der Waals surface area (Å²) < 4.78 is 1.78. The maximum Gasteiger partial charge on any atom is 0.255 e. The van der Waals surface area contributed by atoms with Crippen LogP contribution in [0.15, 0.2) is 83.8 Å². The molecule has 0 spiro atoms. The molecule has 0 bridgehead atoms. The fraction of sp³-hybridized carbons (Fsp3) is 0.0455. The van der Waals surface area contributed by atoms with Gasteiger partial charge in [-0.25, -0.2) is 0 Å². The van der Waals surface area contributed by atoms with Gasteiger partial charge < -0.3 is 0 Å². The highest BCUT2D eigenvalue weighted by molar-refractivity contribution is 5.97. The molecule has 0 saturated carbocycles. The van der Waals surface area contributed by atoms with Crippen LogP contribution in [0.1, 0.15) is 11.1 Å². The number of hydrogen-bond acceptors (Lipinski definition) is 1. The second-order valence-corrected chi connectivity index (χ2v) is 6.22. The summed E-state index contributed by atoms with van der Waals surface area (Å²) in [5.41, 5.74) is 8.37. The van der Waals surface area contributed by atoms with Crippen LogP contribution in [0.3, 0.4) is 0 Å². The van der Waals surface area contributed by atoms with Gasteiger partial charge in [0.2, 0.25) is 0 Å². The van der Waals surface area contributed by atoms with Crippen molar-refractivity contribution >= 4 is 5.52 Å². The van der Waals surface area contributed by atoms with Gasteiger partial charge in [0.1, 0.15) is 0 Å². The first-order valence-electron chi connectivity index (χ1n) is 8.14. The molecule has 4 aromatic rings. The van der Waals surface area contributed by atoms with E-state index in [1.165, 1.54) is 22.3 Å². The topological polar surface area (TPSA) is 21.5 Å². The molecule has 2 nitrogen and oxygen atoms in total. The Hall–Kier alpha value is -3.13. The van der Waals surface area contributed by atoms with E-state index in [0.29, 0.717) is 0 Å². The van der Waals surface area contributed by atoms with Gasteiger partial charge in [-0.1, -0.05) is 60.7 Å². The third-order valence-electron chi connectivity index (χ3n) is 4.83. The first-order valence-corrected chi connectivity index (χ1v) is 8.14. The number of benzene rings is 2. The lowest BCUT2D eigenvalue weighted by atomic mass is 9.94. The van der Waals surface area contributed by atoms with E-state index in [-0.39, 0.29) is 5.56 Å². The highest BCUT2D eigenvalue weighted by Crippen LogP contribution is 2.44. The Morgan fingerprint density at radius 1 is 0.708 bits per heavy atom. The van der Waals surface area contributed by atoms with Gasteiger partial charge in [0, 0.05) is 24.2 Å². The zero-order valence-corrected chi connectivity index (χ0v) is 13.1. The number of nitrogens with zero attached hydrogens (tertiary/aromatic N) is 1. The van der Waals surface area contributed by atoms with Crippen molar-refractivity contribution in [2.24, 2.45) is 0 Å². The first kappa shape index (κ1) is 13.3. The minimum Gasteiger partial charge on any atom is -0.283 e. The van der Waals surface area contributed by atoms with Crippen LogP contribution in [0.25, 0.3) is 27.8 Å². The molecular formula is C22H15NO. The summed E-state index contributed by atoms with van der Waals surface area (Å²) in [4.78, 5) is 12.4. The van der Waals surface area contributed by atoms with E-state index >= 15 is 0 Å². The molecule has 0 N–H and O–H groups in total. The van der Waals surface area contributed by atoms with Crippen LogP contribution < -0.4 is 5.56 Å². The zero-order valence-electron chi connectivity index (χ0n) is 13.1. The van der Waals surface area contributed by atoms with Crippen molar-refractivity contribution < 1.29 is 0 Å². The molecule has 1 aliphatic rings. The lowest BCUT2D eigenvalue weighted by Gasteiger charge is -2.15. The van der Waals surface area contributed by atoms with Crippen molar-refractivity contribution in [1.29, 1.82) is 0 Å². The van der Waals surface area contributed by atoms with Crippen LogP contribution in [-0.2, 0) is 6.42 Å². The predicted octanol–water partition coefficient (Wildman–Crippen LogP) is 4.54. The minimum absolute atomic E-state index is 0.0171. The maximum absolute atomic E-state index is 12.4. The van der Waals surface area contributed by atoms with E-state index in [0.717, 1.165) is 23.1 Å². The summed E-state index contributed by atoms with van der Waals surface area (Å²) in [6.07, 6.45) is 2.89. The summed E-state index contributed by atoms with van der Waals surface area (Å²) in [5.74, 6) is 0. The second-order valence-electron chi connectivity index (χ2n) is 6.22. The van der Waals surface area contributed by atoms with Gasteiger partial charge in [0.05, 0.1) is 5.52 Å². The van der Waals surface area contributed by atoms with Crippen molar-refractivity contribution in [2.75, 3.05) is 0 Å². The molecule has 24 heavy (non-hydrogen) atoms. The van der Waals surface area contributed by atoms with E-state index in [2.05, 4.69) is 36.4 Å². The predicted molar refractivity (Wildman–Crippen MR) is 97.3 cm³/mol.